The van der Waals surface area contributed by atoms with Crippen LogP contribution in [0.1, 0.15) is 29.8 Å². The highest BCUT2D eigenvalue weighted by atomic mass is 35.5. The van der Waals surface area contributed by atoms with Crippen LogP contribution in [0.15, 0.2) is 41.5 Å². The molecule has 1 atom stereocenters. The van der Waals surface area contributed by atoms with Crippen molar-refractivity contribution in [3.8, 4) is 5.75 Å². The number of benzene rings is 2. The number of rotatable bonds is 7. The Kier molecular flexibility index (Phi) is 7.73. The van der Waals surface area contributed by atoms with Crippen molar-refractivity contribution >= 4 is 46.9 Å². The molecule has 2 amide bonds. The highest BCUT2D eigenvalue weighted by Crippen LogP contribution is 2.25. The van der Waals surface area contributed by atoms with Crippen molar-refractivity contribution in [2.24, 2.45) is 11.0 Å². The minimum atomic E-state index is -0.904. The van der Waals surface area contributed by atoms with Crippen LogP contribution < -0.4 is 10.7 Å². The van der Waals surface area contributed by atoms with Crippen LogP contribution in [0.4, 0.5) is 5.69 Å². The van der Waals surface area contributed by atoms with Crippen molar-refractivity contribution in [1.29, 1.82) is 0 Å². The van der Waals surface area contributed by atoms with E-state index >= 15 is 0 Å². The zero-order chi connectivity index (χ0) is 22.4. The first kappa shape index (κ1) is 23.1. The number of phenolic OH excluding ortho intramolecular Hbond substituents is 1. The predicted molar refractivity (Wildman–Crippen MR) is 113 cm³/mol. The van der Waals surface area contributed by atoms with Gasteiger partial charge in [0.1, 0.15) is 6.04 Å². The molecule has 0 aliphatic heterocycles. The number of phenols is 1. The van der Waals surface area contributed by atoms with Gasteiger partial charge in [0.25, 0.3) is 11.8 Å². The molecule has 9 nitrogen and oxygen atoms in total. The smallest absolute Gasteiger partial charge is 0.311 e. The standard InChI is InChI=1S/C19H18Cl2N4O5/c1-10(2)17(23-18(27)12-4-5-13(20)14(21)8-12)19(28)24-22-9-11-3-6-16(26)15(7-11)25(29)30/h3-10,17,26H,1-2H3,(H,23,27)(H,24,28). The molecule has 0 saturated heterocycles. The second-order valence-corrected chi connectivity index (χ2v) is 7.38. The lowest BCUT2D eigenvalue weighted by atomic mass is 10.0. The Morgan fingerprint density at radius 3 is 2.47 bits per heavy atom. The van der Waals surface area contributed by atoms with Gasteiger partial charge in [0.15, 0.2) is 5.75 Å². The van der Waals surface area contributed by atoms with E-state index in [-0.39, 0.29) is 16.5 Å². The van der Waals surface area contributed by atoms with E-state index in [4.69, 9.17) is 23.2 Å². The van der Waals surface area contributed by atoms with Gasteiger partial charge in [-0.05, 0) is 36.2 Å². The molecule has 1 unspecified atom stereocenters. The van der Waals surface area contributed by atoms with Gasteiger partial charge >= 0.3 is 5.69 Å². The molecule has 0 aliphatic carbocycles. The molecule has 0 spiro atoms. The van der Waals surface area contributed by atoms with Gasteiger partial charge in [-0.3, -0.25) is 19.7 Å². The molecule has 11 heteroatoms. The number of nitrogens with zero attached hydrogens (tertiary/aromatic N) is 2. The maximum atomic E-state index is 12.5. The van der Waals surface area contributed by atoms with E-state index in [1.54, 1.807) is 13.8 Å². The Morgan fingerprint density at radius 2 is 1.87 bits per heavy atom. The van der Waals surface area contributed by atoms with Crippen molar-refractivity contribution in [2.75, 3.05) is 0 Å². The number of halogens is 2. The molecule has 0 heterocycles. The molecule has 2 aromatic carbocycles. The first-order valence-electron chi connectivity index (χ1n) is 8.66. The molecule has 0 aromatic heterocycles. The number of carbonyl (C=O) groups excluding carboxylic acids is 2. The number of nitrogens with one attached hydrogen (secondary N) is 2. The Labute approximate surface area is 181 Å². The number of carbonyl (C=O) groups is 2. The van der Waals surface area contributed by atoms with Crippen molar-refractivity contribution in [2.45, 2.75) is 19.9 Å². The van der Waals surface area contributed by atoms with Crippen LogP contribution in [0.5, 0.6) is 5.75 Å². The number of amides is 2. The van der Waals surface area contributed by atoms with Gasteiger partial charge in [-0.15, -0.1) is 0 Å². The summed E-state index contributed by atoms with van der Waals surface area (Å²) in [5, 5.41) is 27.2. The SMILES string of the molecule is CC(C)C(NC(=O)c1ccc(Cl)c(Cl)c1)C(=O)NN=Cc1ccc(O)c([N+](=O)[O-])c1. The maximum absolute atomic E-state index is 12.5. The van der Waals surface area contributed by atoms with Gasteiger partial charge in [-0.2, -0.15) is 5.10 Å². The molecule has 3 N–H and O–H groups in total. The quantitative estimate of drug-likeness (QED) is 0.335. The largest absolute Gasteiger partial charge is 0.502 e. The number of aromatic hydroxyl groups is 1. The summed E-state index contributed by atoms with van der Waals surface area (Å²) in [6.07, 6.45) is 1.18. The molecule has 0 radical (unpaired) electrons. The van der Waals surface area contributed by atoms with E-state index in [9.17, 15) is 24.8 Å². The van der Waals surface area contributed by atoms with Crippen molar-refractivity contribution in [3.05, 3.63) is 67.7 Å². The fourth-order valence-corrected chi connectivity index (χ4v) is 2.70. The molecular formula is C19H18Cl2N4O5. The Hall–Kier alpha value is -3.17. The number of hydrogen-bond donors (Lipinski definition) is 3. The minimum absolute atomic E-state index is 0.211. The highest BCUT2D eigenvalue weighted by Gasteiger charge is 2.24. The van der Waals surface area contributed by atoms with Crippen LogP contribution in [0.3, 0.4) is 0 Å². The zero-order valence-electron chi connectivity index (χ0n) is 15.9. The molecule has 2 rings (SSSR count). The molecule has 0 saturated carbocycles. The van der Waals surface area contributed by atoms with E-state index in [0.29, 0.717) is 10.6 Å². The fraction of sp³-hybridized carbons (Fsp3) is 0.211. The van der Waals surface area contributed by atoms with Gasteiger partial charge < -0.3 is 10.4 Å². The summed E-state index contributed by atoms with van der Waals surface area (Å²) in [6, 6.07) is 7.10. The van der Waals surface area contributed by atoms with E-state index in [2.05, 4.69) is 15.8 Å². The Bertz CT molecular complexity index is 1010. The number of nitro benzene ring substituents is 1. The van der Waals surface area contributed by atoms with E-state index in [1.807, 2.05) is 0 Å². The van der Waals surface area contributed by atoms with Crippen LogP contribution in [-0.2, 0) is 4.79 Å². The van der Waals surface area contributed by atoms with Gasteiger partial charge in [0.2, 0.25) is 0 Å². The van der Waals surface area contributed by atoms with Crippen LogP contribution >= 0.6 is 23.2 Å². The summed E-state index contributed by atoms with van der Waals surface area (Å²) in [7, 11) is 0. The maximum Gasteiger partial charge on any atom is 0.311 e. The molecule has 0 aliphatic rings. The average molecular weight is 453 g/mol. The lowest BCUT2D eigenvalue weighted by Gasteiger charge is -2.20. The fourth-order valence-electron chi connectivity index (χ4n) is 2.40. The minimum Gasteiger partial charge on any atom is -0.502 e. The topological polar surface area (TPSA) is 134 Å². The third kappa shape index (κ3) is 5.91. The lowest BCUT2D eigenvalue weighted by Crippen LogP contribution is -2.48. The molecule has 0 bridgehead atoms. The highest BCUT2D eigenvalue weighted by molar-refractivity contribution is 6.42. The number of hydrogen-bond acceptors (Lipinski definition) is 6. The second-order valence-electron chi connectivity index (χ2n) is 6.56. The molecule has 158 valence electrons. The first-order chi connectivity index (χ1) is 14.1. The second kappa shape index (κ2) is 10.0. The molecule has 0 fully saturated rings. The van der Waals surface area contributed by atoms with Gasteiger partial charge in [0.05, 0.1) is 21.2 Å². The van der Waals surface area contributed by atoms with E-state index in [1.165, 1.54) is 30.5 Å². The van der Waals surface area contributed by atoms with Crippen LogP contribution in [0.2, 0.25) is 10.0 Å². The summed E-state index contributed by atoms with van der Waals surface area (Å²) < 4.78 is 0. The van der Waals surface area contributed by atoms with Crippen LogP contribution in [-0.4, -0.2) is 34.1 Å². The third-order valence-electron chi connectivity index (χ3n) is 4.00. The third-order valence-corrected chi connectivity index (χ3v) is 4.74. The summed E-state index contributed by atoms with van der Waals surface area (Å²) in [4.78, 5) is 35.0. The summed E-state index contributed by atoms with van der Waals surface area (Å²) in [6.45, 7) is 3.48. The van der Waals surface area contributed by atoms with Crippen molar-refractivity contribution in [1.82, 2.24) is 10.7 Å². The monoisotopic (exact) mass is 452 g/mol. The van der Waals surface area contributed by atoms with Crippen molar-refractivity contribution < 1.29 is 19.6 Å². The Balaban J connectivity index is 2.07. The van der Waals surface area contributed by atoms with Crippen molar-refractivity contribution in [3.63, 3.8) is 0 Å². The number of hydrazone groups is 1. The zero-order valence-corrected chi connectivity index (χ0v) is 17.4. The van der Waals surface area contributed by atoms with Gasteiger partial charge in [-0.1, -0.05) is 37.0 Å². The van der Waals surface area contributed by atoms with Crippen LogP contribution in [0, 0.1) is 16.0 Å². The predicted octanol–water partition coefficient (Wildman–Crippen LogP) is 3.51. The van der Waals surface area contributed by atoms with Crippen LogP contribution in [0.25, 0.3) is 0 Å². The summed E-state index contributed by atoms with van der Waals surface area (Å²) >= 11 is 11.8. The summed E-state index contributed by atoms with van der Waals surface area (Å²) in [5.74, 6) is -1.84. The first-order valence-corrected chi connectivity index (χ1v) is 9.42. The molecule has 2 aromatic rings. The van der Waals surface area contributed by atoms with E-state index in [0.717, 1.165) is 12.1 Å². The normalized spacial score (nSPS) is 12.0. The van der Waals surface area contributed by atoms with E-state index < -0.39 is 34.2 Å². The Morgan fingerprint density at radius 1 is 1.17 bits per heavy atom. The average Bonchev–Trinajstić information content (AvgIpc) is 2.68. The molecular weight excluding hydrogens is 435 g/mol. The van der Waals surface area contributed by atoms with Gasteiger partial charge in [0, 0.05) is 17.2 Å². The lowest BCUT2D eigenvalue weighted by molar-refractivity contribution is -0.385. The molecule has 30 heavy (non-hydrogen) atoms. The number of nitro groups is 1. The van der Waals surface area contributed by atoms with Gasteiger partial charge in [-0.25, -0.2) is 5.43 Å². The summed E-state index contributed by atoms with van der Waals surface area (Å²) in [5.41, 5.74) is 2.33.